The van der Waals surface area contributed by atoms with Crippen molar-refractivity contribution in [1.29, 1.82) is 0 Å². The van der Waals surface area contributed by atoms with Crippen LogP contribution in [0.25, 0.3) is 0 Å². The topological polar surface area (TPSA) is 73.7 Å². The van der Waals surface area contributed by atoms with Crippen LogP contribution in [0.15, 0.2) is 6.07 Å². The lowest BCUT2D eigenvalue weighted by Crippen LogP contribution is -3.14. The number of rotatable bonds is 5. The number of piperidine rings is 1. The molecule has 0 aromatic carbocycles. The van der Waals surface area contributed by atoms with Crippen molar-refractivity contribution in [2.75, 3.05) is 25.0 Å². The van der Waals surface area contributed by atoms with E-state index in [-0.39, 0.29) is 11.5 Å². The highest BCUT2D eigenvalue weighted by Crippen LogP contribution is 2.27. The molecule has 1 saturated heterocycles. The predicted octanol–water partition coefficient (Wildman–Crippen LogP) is -0.0727. The second-order valence-corrected chi connectivity index (χ2v) is 6.89. The first-order valence-electron chi connectivity index (χ1n) is 7.47. The van der Waals surface area contributed by atoms with E-state index in [9.17, 15) is 14.7 Å². The molecule has 1 amide bonds. The van der Waals surface area contributed by atoms with Gasteiger partial charge in [-0.15, -0.1) is 11.3 Å². The molecule has 0 saturated carbocycles. The van der Waals surface area contributed by atoms with Gasteiger partial charge >= 0.3 is 0 Å². The van der Waals surface area contributed by atoms with E-state index in [0.717, 1.165) is 43.1 Å². The zero-order valence-electron chi connectivity index (χ0n) is 12.5. The van der Waals surface area contributed by atoms with Crippen LogP contribution in [-0.2, 0) is 11.2 Å². The van der Waals surface area contributed by atoms with Crippen molar-refractivity contribution >= 4 is 28.2 Å². The third-order valence-corrected chi connectivity index (χ3v) is 5.19. The fraction of sp³-hybridized carbons (Fsp3) is 0.600. The summed E-state index contributed by atoms with van der Waals surface area (Å²) in [4.78, 5) is 25.4. The van der Waals surface area contributed by atoms with Gasteiger partial charge < -0.3 is 20.1 Å². The minimum atomic E-state index is -1.24. The highest BCUT2D eigenvalue weighted by atomic mass is 32.1. The van der Waals surface area contributed by atoms with E-state index in [1.807, 2.05) is 6.92 Å². The molecular formula is C15H22N2O3S. The average Bonchev–Trinajstić information content (AvgIpc) is 2.84. The Morgan fingerprint density at radius 3 is 2.67 bits per heavy atom. The maximum absolute atomic E-state index is 12.1. The maximum atomic E-state index is 12.1. The minimum absolute atomic E-state index is 0.0902. The van der Waals surface area contributed by atoms with E-state index < -0.39 is 5.97 Å². The van der Waals surface area contributed by atoms with Gasteiger partial charge in [-0.1, -0.05) is 13.8 Å². The van der Waals surface area contributed by atoms with Crippen molar-refractivity contribution in [1.82, 2.24) is 0 Å². The molecule has 1 aromatic heterocycles. The smallest absolute Gasteiger partial charge is 0.280 e. The Labute approximate surface area is 129 Å². The fourth-order valence-corrected chi connectivity index (χ4v) is 3.61. The standard InChI is InChI=1S/C15H22N2O3S/c1-3-11-8-12(15(19)20)14(21-11)16-13(18)9-17-6-4-10(2)5-7-17/h8,10H,3-7,9H2,1-2H3,(H,16,18)(H,19,20). The molecule has 2 heterocycles. The van der Waals surface area contributed by atoms with Gasteiger partial charge in [0.2, 0.25) is 0 Å². The first kappa shape index (κ1) is 16.0. The number of hydrogen-bond acceptors (Lipinski definition) is 4. The SMILES string of the molecule is CCc1cc(C(=O)[O-])c(NC(=O)C[NH+]2CCC(C)CC2)s1. The van der Waals surface area contributed by atoms with E-state index in [1.165, 1.54) is 16.2 Å². The number of quaternary nitrogens is 1. The number of anilines is 1. The van der Waals surface area contributed by atoms with Crippen LogP contribution in [0, 0.1) is 5.92 Å². The van der Waals surface area contributed by atoms with Crippen LogP contribution in [0.4, 0.5) is 5.00 Å². The van der Waals surface area contributed by atoms with Gasteiger partial charge in [0.1, 0.15) is 5.00 Å². The molecule has 2 N–H and O–H groups in total. The fourth-order valence-electron chi connectivity index (χ4n) is 2.61. The lowest BCUT2D eigenvalue weighted by atomic mass is 9.99. The number of hydrogen-bond donors (Lipinski definition) is 2. The highest BCUT2D eigenvalue weighted by Gasteiger charge is 2.22. The van der Waals surface area contributed by atoms with Crippen molar-refractivity contribution in [2.24, 2.45) is 5.92 Å². The number of nitrogens with one attached hydrogen (secondary N) is 2. The van der Waals surface area contributed by atoms with Gasteiger partial charge in [-0.25, -0.2) is 0 Å². The zero-order valence-corrected chi connectivity index (χ0v) is 13.3. The Kier molecular flexibility index (Phi) is 5.36. The van der Waals surface area contributed by atoms with Crippen molar-refractivity contribution in [2.45, 2.75) is 33.1 Å². The molecule has 0 spiro atoms. The summed E-state index contributed by atoms with van der Waals surface area (Å²) in [6, 6.07) is 1.59. The summed E-state index contributed by atoms with van der Waals surface area (Å²) in [6.07, 6.45) is 3.04. The number of carbonyl (C=O) groups is 2. The Hall–Kier alpha value is -1.40. The summed E-state index contributed by atoms with van der Waals surface area (Å²) >= 11 is 1.32. The van der Waals surface area contributed by atoms with Gasteiger partial charge in [-0.2, -0.15) is 0 Å². The Morgan fingerprint density at radius 2 is 2.10 bits per heavy atom. The number of carboxylic acids is 1. The quantitative estimate of drug-likeness (QED) is 0.799. The normalized spacial score (nSPS) is 22.0. The Balaban J connectivity index is 1.96. The van der Waals surface area contributed by atoms with Crippen molar-refractivity contribution in [3.8, 4) is 0 Å². The molecule has 0 atom stereocenters. The molecule has 6 heteroatoms. The first-order valence-corrected chi connectivity index (χ1v) is 8.28. The molecule has 2 rings (SSSR count). The van der Waals surface area contributed by atoms with Crippen LogP contribution in [0.5, 0.6) is 0 Å². The van der Waals surface area contributed by atoms with Gasteiger partial charge in [0.05, 0.1) is 19.1 Å². The first-order chi connectivity index (χ1) is 9.99. The molecule has 0 bridgehead atoms. The van der Waals surface area contributed by atoms with Crippen LogP contribution < -0.4 is 15.3 Å². The molecule has 0 radical (unpaired) electrons. The van der Waals surface area contributed by atoms with Crippen molar-refractivity contribution < 1.29 is 19.6 Å². The molecular weight excluding hydrogens is 288 g/mol. The van der Waals surface area contributed by atoms with Gasteiger partial charge in [-0.3, -0.25) is 4.79 Å². The number of thiophene rings is 1. The molecule has 5 nitrogen and oxygen atoms in total. The molecule has 0 unspecified atom stereocenters. The Morgan fingerprint density at radius 1 is 1.43 bits per heavy atom. The summed E-state index contributed by atoms with van der Waals surface area (Å²) in [5.41, 5.74) is 0.0902. The molecule has 116 valence electrons. The van der Waals surface area contributed by atoms with Crippen LogP contribution in [-0.4, -0.2) is 31.5 Å². The Bertz CT molecular complexity index is 519. The lowest BCUT2D eigenvalue weighted by Gasteiger charge is -2.26. The summed E-state index contributed by atoms with van der Waals surface area (Å²) in [7, 11) is 0. The van der Waals surface area contributed by atoms with E-state index in [0.29, 0.717) is 11.5 Å². The number of aromatic carboxylic acids is 1. The number of aryl methyl sites for hydroxylation is 1. The van der Waals surface area contributed by atoms with E-state index in [4.69, 9.17) is 0 Å². The second-order valence-electron chi connectivity index (χ2n) is 5.75. The summed E-state index contributed by atoms with van der Waals surface area (Å²) in [5.74, 6) is -0.613. The maximum Gasteiger partial charge on any atom is 0.280 e. The van der Waals surface area contributed by atoms with E-state index in [2.05, 4.69) is 12.2 Å². The highest BCUT2D eigenvalue weighted by molar-refractivity contribution is 7.16. The number of carbonyl (C=O) groups excluding carboxylic acids is 2. The number of likely N-dealkylation sites (tertiary alicyclic amines) is 1. The van der Waals surface area contributed by atoms with Crippen molar-refractivity contribution in [3.63, 3.8) is 0 Å². The van der Waals surface area contributed by atoms with Crippen LogP contribution >= 0.6 is 11.3 Å². The molecule has 21 heavy (non-hydrogen) atoms. The van der Waals surface area contributed by atoms with Crippen LogP contribution in [0.2, 0.25) is 0 Å². The van der Waals surface area contributed by atoms with Crippen molar-refractivity contribution in [3.05, 3.63) is 16.5 Å². The molecule has 0 aliphatic carbocycles. The number of carboxylic acid groups (broad SMARTS) is 1. The van der Waals surface area contributed by atoms with E-state index in [1.54, 1.807) is 6.07 Å². The largest absolute Gasteiger partial charge is 0.545 e. The molecule has 1 aromatic rings. The van der Waals surface area contributed by atoms with Gasteiger partial charge in [0.15, 0.2) is 6.54 Å². The molecule has 1 fully saturated rings. The van der Waals surface area contributed by atoms with Crippen LogP contribution in [0.1, 0.15) is 41.9 Å². The summed E-state index contributed by atoms with van der Waals surface area (Å²) in [5, 5.41) is 14.2. The third kappa shape index (κ3) is 4.28. The average molecular weight is 310 g/mol. The third-order valence-electron chi connectivity index (χ3n) is 4.00. The lowest BCUT2D eigenvalue weighted by molar-refractivity contribution is -0.897. The summed E-state index contributed by atoms with van der Waals surface area (Å²) in [6.45, 7) is 6.61. The van der Waals surface area contributed by atoms with Crippen LogP contribution in [0.3, 0.4) is 0 Å². The van der Waals surface area contributed by atoms with Gasteiger partial charge in [-0.05, 0) is 31.2 Å². The predicted molar refractivity (Wildman–Crippen MR) is 80.6 cm³/mol. The summed E-state index contributed by atoms with van der Waals surface area (Å²) < 4.78 is 0. The second kappa shape index (κ2) is 7.04. The monoisotopic (exact) mass is 310 g/mol. The van der Waals surface area contributed by atoms with Gasteiger partial charge in [0, 0.05) is 10.4 Å². The minimum Gasteiger partial charge on any atom is -0.545 e. The number of amides is 1. The molecule has 1 aliphatic heterocycles. The zero-order chi connectivity index (χ0) is 15.4. The molecule has 1 aliphatic rings. The van der Waals surface area contributed by atoms with Gasteiger partial charge in [0.25, 0.3) is 5.91 Å². The van der Waals surface area contributed by atoms with E-state index >= 15 is 0 Å².